The Hall–Kier alpha value is -3.33. The number of amides is 1. The van der Waals surface area contributed by atoms with E-state index in [0.717, 1.165) is 23.3 Å². The third-order valence-corrected chi connectivity index (χ3v) is 5.03. The average Bonchev–Trinajstić information content (AvgIpc) is 2.99. The maximum atomic E-state index is 12.8. The van der Waals surface area contributed by atoms with Gasteiger partial charge in [0.1, 0.15) is 11.3 Å². The number of likely N-dealkylation sites (tertiary alicyclic amines) is 1. The molecule has 1 fully saturated rings. The number of nitriles is 1. The summed E-state index contributed by atoms with van der Waals surface area (Å²) in [6.07, 6.45) is 4.37. The molecular weight excluding hydrogens is 340 g/mol. The van der Waals surface area contributed by atoms with E-state index in [9.17, 15) is 4.79 Å². The molecule has 0 atom stereocenters. The highest BCUT2D eigenvalue weighted by Gasteiger charge is 2.32. The molecule has 0 unspecified atom stereocenters. The number of carbonyl (C=O) groups is 1. The third-order valence-electron chi connectivity index (χ3n) is 5.03. The molecule has 2 aromatic heterocycles. The normalized spacial score (nSPS) is 14.0. The fourth-order valence-corrected chi connectivity index (χ4v) is 3.34. The lowest BCUT2D eigenvalue weighted by atomic mass is 10.0. The van der Waals surface area contributed by atoms with Crippen molar-refractivity contribution >= 4 is 11.4 Å². The van der Waals surface area contributed by atoms with Gasteiger partial charge in [-0.3, -0.25) is 4.79 Å². The van der Waals surface area contributed by atoms with E-state index in [1.807, 2.05) is 31.2 Å². The van der Waals surface area contributed by atoms with Crippen molar-refractivity contribution < 1.29 is 9.53 Å². The summed E-state index contributed by atoms with van der Waals surface area (Å²) in [5, 5.41) is 13.2. The van der Waals surface area contributed by atoms with Crippen molar-refractivity contribution in [1.29, 1.82) is 5.26 Å². The zero-order chi connectivity index (χ0) is 19.0. The lowest BCUT2D eigenvalue weighted by molar-refractivity contribution is 0.0576. The highest BCUT2D eigenvalue weighted by molar-refractivity contribution is 5.98. The number of nitrogens with zero attached hydrogens (tertiary/aromatic N) is 4. The predicted molar refractivity (Wildman–Crippen MR) is 101 cm³/mol. The van der Waals surface area contributed by atoms with Crippen LogP contribution in [0.15, 0.2) is 42.7 Å². The molecule has 0 spiro atoms. The van der Waals surface area contributed by atoms with Gasteiger partial charge in [0.05, 0.1) is 23.7 Å². The van der Waals surface area contributed by atoms with Crippen LogP contribution in [0.3, 0.4) is 0 Å². The van der Waals surface area contributed by atoms with E-state index in [1.165, 1.54) is 5.56 Å². The second-order valence-electron chi connectivity index (χ2n) is 6.79. The van der Waals surface area contributed by atoms with Gasteiger partial charge >= 0.3 is 0 Å². The van der Waals surface area contributed by atoms with E-state index in [1.54, 1.807) is 27.9 Å². The Morgan fingerprint density at radius 2 is 2.04 bits per heavy atom. The van der Waals surface area contributed by atoms with Crippen molar-refractivity contribution in [3.8, 4) is 17.6 Å². The molecule has 1 aliphatic heterocycles. The van der Waals surface area contributed by atoms with Gasteiger partial charge in [0.25, 0.3) is 5.91 Å². The van der Waals surface area contributed by atoms with Crippen molar-refractivity contribution in [3.05, 3.63) is 59.4 Å². The Kier molecular flexibility index (Phi) is 4.28. The van der Waals surface area contributed by atoms with E-state index < -0.39 is 0 Å². The number of rotatable bonds is 4. The van der Waals surface area contributed by atoms with Crippen LogP contribution in [0.1, 0.15) is 28.4 Å². The summed E-state index contributed by atoms with van der Waals surface area (Å²) in [6.45, 7) is 4.99. The zero-order valence-electron chi connectivity index (χ0n) is 15.3. The number of aryl methyl sites for hydroxylation is 2. The highest BCUT2D eigenvalue weighted by atomic mass is 16.5. The lowest BCUT2D eigenvalue weighted by Gasteiger charge is -2.35. The summed E-state index contributed by atoms with van der Waals surface area (Å²) in [7, 11) is 0. The van der Waals surface area contributed by atoms with Gasteiger partial charge in [-0.1, -0.05) is 19.1 Å². The van der Waals surface area contributed by atoms with E-state index in [-0.39, 0.29) is 11.8 Å². The number of aromatic nitrogens is 2. The number of hydrogen-bond donors (Lipinski definition) is 0. The number of hydrogen-bond acceptors (Lipinski definition) is 4. The van der Waals surface area contributed by atoms with Gasteiger partial charge < -0.3 is 9.64 Å². The molecule has 136 valence electrons. The first-order valence-corrected chi connectivity index (χ1v) is 9.03. The number of fused-ring (bicyclic) bond motifs is 1. The largest absolute Gasteiger partial charge is 0.455 e. The van der Waals surface area contributed by atoms with Crippen LogP contribution in [0.5, 0.6) is 11.5 Å². The van der Waals surface area contributed by atoms with Crippen LogP contribution >= 0.6 is 0 Å². The second kappa shape index (κ2) is 6.76. The molecule has 0 radical (unpaired) electrons. The number of ether oxygens (including phenoxy) is 1. The molecule has 0 aliphatic carbocycles. The molecule has 0 N–H and O–H groups in total. The minimum atomic E-state index is -0.0669. The van der Waals surface area contributed by atoms with Gasteiger partial charge in [-0.25, -0.2) is 4.52 Å². The smallest absolute Gasteiger partial charge is 0.255 e. The highest BCUT2D eigenvalue weighted by Crippen LogP contribution is 2.31. The molecule has 4 rings (SSSR count). The van der Waals surface area contributed by atoms with Gasteiger partial charge in [0.2, 0.25) is 0 Å². The van der Waals surface area contributed by atoms with E-state index >= 15 is 0 Å². The maximum absolute atomic E-state index is 12.8. The van der Waals surface area contributed by atoms with Crippen LogP contribution in [0.25, 0.3) is 5.52 Å². The fourth-order valence-electron chi connectivity index (χ4n) is 3.34. The van der Waals surface area contributed by atoms with Gasteiger partial charge in [0.15, 0.2) is 5.75 Å². The van der Waals surface area contributed by atoms with Crippen LogP contribution < -0.4 is 4.74 Å². The van der Waals surface area contributed by atoms with Crippen molar-refractivity contribution in [2.24, 2.45) is 5.92 Å². The summed E-state index contributed by atoms with van der Waals surface area (Å²) >= 11 is 0. The summed E-state index contributed by atoms with van der Waals surface area (Å²) < 4.78 is 7.75. The topological polar surface area (TPSA) is 70.6 Å². The molecule has 1 saturated heterocycles. The third kappa shape index (κ3) is 3.02. The quantitative estimate of drug-likeness (QED) is 0.713. The Labute approximate surface area is 157 Å². The van der Waals surface area contributed by atoms with E-state index in [2.05, 4.69) is 18.1 Å². The standard InChI is InChI=1S/C21H20N4O2/c1-3-15-4-6-17(7-5-15)27-19-8-9-23-25-13-18(14(2)20(19)25)21(26)24-11-16(10-22)12-24/h4-9,13,16H,3,11-12H2,1-2H3. The molecule has 0 bridgehead atoms. The van der Waals surface area contributed by atoms with Crippen molar-refractivity contribution in [1.82, 2.24) is 14.5 Å². The Balaban J connectivity index is 1.65. The van der Waals surface area contributed by atoms with Crippen LogP contribution in [0.2, 0.25) is 0 Å². The molecule has 6 heteroatoms. The van der Waals surface area contributed by atoms with E-state index in [4.69, 9.17) is 10.00 Å². The van der Waals surface area contributed by atoms with Crippen LogP contribution in [-0.4, -0.2) is 33.5 Å². The lowest BCUT2D eigenvalue weighted by Crippen LogP contribution is -2.49. The minimum absolute atomic E-state index is 0.0607. The SMILES string of the molecule is CCc1ccc(Oc2ccnn3cc(C(=O)N4CC(C#N)C4)c(C)c23)cc1. The van der Waals surface area contributed by atoms with Gasteiger partial charge in [-0.2, -0.15) is 10.4 Å². The van der Waals surface area contributed by atoms with Gasteiger partial charge in [-0.15, -0.1) is 0 Å². The Morgan fingerprint density at radius 3 is 2.70 bits per heavy atom. The maximum Gasteiger partial charge on any atom is 0.255 e. The molecule has 3 aromatic rings. The van der Waals surface area contributed by atoms with Crippen molar-refractivity contribution in [3.63, 3.8) is 0 Å². The molecule has 0 saturated carbocycles. The van der Waals surface area contributed by atoms with Crippen LogP contribution in [0, 0.1) is 24.2 Å². The molecule has 1 aromatic carbocycles. The fraction of sp³-hybridized carbons (Fsp3) is 0.286. The second-order valence-corrected chi connectivity index (χ2v) is 6.79. The summed E-state index contributed by atoms with van der Waals surface area (Å²) in [5.74, 6) is 1.27. The van der Waals surface area contributed by atoms with Crippen LogP contribution in [-0.2, 0) is 6.42 Å². The van der Waals surface area contributed by atoms with Crippen molar-refractivity contribution in [2.45, 2.75) is 20.3 Å². The molecule has 3 heterocycles. The molecular formula is C21H20N4O2. The summed E-state index contributed by atoms with van der Waals surface area (Å²) in [6, 6.07) is 12.0. The zero-order valence-corrected chi connectivity index (χ0v) is 15.3. The Morgan fingerprint density at radius 1 is 1.30 bits per heavy atom. The van der Waals surface area contributed by atoms with Crippen molar-refractivity contribution in [2.75, 3.05) is 13.1 Å². The summed E-state index contributed by atoms with van der Waals surface area (Å²) in [4.78, 5) is 14.4. The molecule has 1 amide bonds. The first-order valence-electron chi connectivity index (χ1n) is 9.03. The summed E-state index contributed by atoms with van der Waals surface area (Å²) in [5.41, 5.74) is 3.45. The molecule has 27 heavy (non-hydrogen) atoms. The van der Waals surface area contributed by atoms with Gasteiger partial charge in [-0.05, 0) is 36.6 Å². The first-order chi connectivity index (χ1) is 13.1. The minimum Gasteiger partial charge on any atom is -0.455 e. The molecule has 1 aliphatic rings. The Bertz CT molecular complexity index is 1040. The average molecular weight is 360 g/mol. The predicted octanol–water partition coefficient (Wildman–Crippen LogP) is 3.59. The first kappa shape index (κ1) is 17.1. The molecule has 6 nitrogen and oxygen atoms in total. The number of carbonyl (C=O) groups excluding carboxylic acids is 1. The van der Waals surface area contributed by atoms with Crippen LogP contribution in [0.4, 0.5) is 0 Å². The van der Waals surface area contributed by atoms with Gasteiger partial charge in [0, 0.05) is 25.4 Å². The monoisotopic (exact) mass is 360 g/mol. The van der Waals surface area contributed by atoms with E-state index in [0.29, 0.717) is 24.4 Å². The number of benzene rings is 1.